The quantitative estimate of drug-likeness (QED) is 0.536. The highest BCUT2D eigenvalue weighted by molar-refractivity contribution is 5.29. The molecule has 0 aromatic rings. The Bertz CT molecular complexity index is 220. The third-order valence-electron chi connectivity index (χ3n) is 2.34. The topological polar surface area (TPSA) is 36.1 Å². The Balaban J connectivity index is 2.08. The van der Waals surface area contributed by atoms with E-state index in [0.29, 0.717) is 12.1 Å². The molecule has 0 saturated carbocycles. The summed E-state index contributed by atoms with van der Waals surface area (Å²) in [6.45, 7) is 4.04. The molecule has 3 N–H and O–H groups in total. The summed E-state index contributed by atoms with van der Waals surface area (Å²) in [5.41, 5.74) is 1.31. The number of rotatable bonds is 2. The van der Waals surface area contributed by atoms with Gasteiger partial charge in [0, 0.05) is 11.7 Å². The predicted molar refractivity (Wildman–Crippen MR) is 49.6 cm³/mol. The van der Waals surface area contributed by atoms with Gasteiger partial charge in [0.1, 0.15) is 0 Å². The zero-order chi connectivity index (χ0) is 8.39. The standard InChI is InChI=1S/C9H15N3/c1-2-10-7-4-3-5-8-9(7)12-6-11-8/h3-5,7,9-12H,2,6H2,1H3. The molecule has 2 unspecified atom stereocenters. The van der Waals surface area contributed by atoms with Gasteiger partial charge in [0.05, 0.1) is 12.7 Å². The molecule has 2 rings (SSSR count). The summed E-state index contributed by atoms with van der Waals surface area (Å²) >= 11 is 0. The lowest BCUT2D eigenvalue weighted by atomic mass is 10.0. The number of fused-ring (bicyclic) bond motifs is 1. The second-order valence-electron chi connectivity index (χ2n) is 3.13. The molecule has 0 aromatic carbocycles. The third kappa shape index (κ3) is 1.26. The molecule has 1 saturated heterocycles. The van der Waals surface area contributed by atoms with E-state index in [0.717, 1.165) is 13.2 Å². The molecule has 0 radical (unpaired) electrons. The van der Waals surface area contributed by atoms with Crippen LogP contribution in [0.5, 0.6) is 0 Å². The van der Waals surface area contributed by atoms with Crippen LogP contribution in [0.3, 0.4) is 0 Å². The molecule has 66 valence electrons. The van der Waals surface area contributed by atoms with Crippen LogP contribution in [0.1, 0.15) is 6.92 Å². The number of likely N-dealkylation sites (N-methyl/N-ethyl adjacent to an activating group) is 1. The lowest BCUT2D eigenvalue weighted by molar-refractivity contribution is 0.505. The summed E-state index contributed by atoms with van der Waals surface area (Å²) in [5.74, 6) is 0. The Labute approximate surface area is 72.9 Å². The Hall–Kier alpha value is -0.800. The minimum Gasteiger partial charge on any atom is -0.374 e. The highest BCUT2D eigenvalue weighted by Gasteiger charge is 2.27. The maximum Gasteiger partial charge on any atom is 0.0675 e. The zero-order valence-corrected chi connectivity index (χ0v) is 7.30. The van der Waals surface area contributed by atoms with E-state index in [2.05, 4.69) is 41.1 Å². The van der Waals surface area contributed by atoms with E-state index in [9.17, 15) is 0 Å². The van der Waals surface area contributed by atoms with Crippen LogP contribution in [0, 0.1) is 0 Å². The maximum atomic E-state index is 3.43. The van der Waals surface area contributed by atoms with Gasteiger partial charge in [-0.3, -0.25) is 5.32 Å². The van der Waals surface area contributed by atoms with Crippen molar-refractivity contribution >= 4 is 0 Å². The van der Waals surface area contributed by atoms with E-state index >= 15 is 0 Å². The van der Waals surface area contributed by atoms with Crippen LogP contribution in [0.25, 0.3) is 0 Å². The van der Waals surface area contributed by atoms with E-state index in [1.165, 1.54) is 5.70 Å². The highest BCUT2D eigenvalue weighted by atomic mass is 15.2. The van der Waals surface area contributed by atoms with Crippen molar-refractivity contribution in [3.05, 3.63) is 23.9 Å². The molecular formula is C9H15N3. The minimum atomic E-state index is 0.449. The molecule has 0 spiro atoms. The molecule has 0 aromatic heterocycles. The smallest absolute Gasteiger partial charge is 0.0675 e. The zero-order valence-electron chi connectivity index (χ0n) is 7.30. The van der Waals surface area contributed by atoms with Crippen molar-refractivity contribution < 1.29 is 0 Å². The molecule has 2 atom stereocenters. The molecule has 12 heavy (non-hydrogen) atoms. The molecule has 1 aliphatic heterocycles. The van der Waals surface area contributed by atoms with Gasteiger partial charge in [0.15, 0.2) is 0 Å². The van der Waals surface area contributed by atoms with Crippen molar-refractivity contribution in [3.8, 4) is 0 Å². The van der Waals surface area contributed by atoms with Gasteiger partial charge in [-0.05, 0) is 12.6 Å². The molecule has 3 nitrogen and oxygen atoms in total. The Morgan fingerprint density at radius 1 is 1.67 bits per heavy atom. The Kier molecular flexibility index (Phi) is 2.15. The van der Waals surface area contributed by atoms with Crippen LogP contribution in [0.4, 0.5) is 0 Å². The van der Waals surface area contributed by atoms with Gasteiger partial charge in [0.25, 0.3) is 0 Å². The van der Waals surface area contributed by atoms with E-state index in [4.69, 9.17) is 0 Å². The van der Waals surface area contributed by atoms with Crippen molar-refractivity contribution in [1.29, 1.82) is 0 Å². The summed E-state index contributed by atoms with van der Waals surface area (Å²) in [6, 6.07) is 0.903. The van der Waals surface area contributed by atoms with Gasteiger partial charge in [-0.2, -0.15) is 0 Å². The van der Waals surface area contributed by atoms with Crippen molar-refractivity contribution in [1.82, 2.24) is 16.0 Å². The van der Waals surface area contributed by atoms with Crippen molar-refractivity contribution in [2.75, 3.05) is 13.2 Å². The summed E-state index contributed by atoms with van der Waals surface area (Å²) in [5, 5.41) is 10.1. The van der Waals surface area contributed by atoms with Crippen LogP contribution in [0.2, 0.25) is 0 Å². The number of hydrogen-bond acceptors (Lipinski definition) is 3. The molecule has 1 heterocycles. The fourth-order valence-electron chi connectivity index (χ4n) is 1.78. The van der Waals surface area contributed by atoms with Gasteiger partial charge in [-0.25, -0.2) is 0 Å². The van der Waals surface area contributed by atoms with E-state index < -0.39 is 0 Å². The SMILES string of the molecule is CCNC1C=CC=C2NCNC21. The first kappa shape index (κ1) is 7.83. The lowest BCUT2D eigenvalue weighted by Gasteiger charge is -2.24. The van der Waals surface area contributed by atoms with E-state index in [-0.39, 0.29) is 0 Å². The number of allylic oxidation sites excluding steroid dienone is 2. The van der Waals surface area contributed by atoms with Gasteiger partial charge >= 0.3 is 0 Å². The average molecular weight is 165 g/mol. The molecule has 2 aliphatic rings. The van der Waals surface area contributed by atoms with Crippen LogP contribution >= 0.6 is 0 Å². The first-order chi connectivity index (χ1) is 5.92. The largest absolute Gasteiger partial charge is 0.374 e. The first-order valence-electron chi connectivity index (χ1n) is 4.51. The number of hydrogen-bond donors (Lipinski definition) is 3. The summed E-state index contributed by atoms with van der Waals surface area (Å²) in [6.07, 6.45) is 6.45. The van der Waals surface area contributed by atoms with Crippen LogP contribution in [-0.2, 0) is 0 Å². The number of nitrogens with one attached hydrogen (secondary N) is 3. The van der Waals surface area contributed by atoms with Crippen LogP contribution < -0.4 is 16.0 Å². The second kappa shape index (κ2) is 3.29. The van der Waals surface area contributed by atoms with Crippen molar-refractivity contribution in [2.24, 2.45) is 0 Å². The average Bonchev–Trinajstić information content (AvgIpc) is 2.53. The summed E-state index contributed by atoms with van der Waals surface area (Å²) in [4.78, 5) is 0. The van der Waals surface area contributed by atoms with Crippen LogP contribution in [-0.4, -0.2) is 25.3 Å². The van der Waals surface area contributed by atoms with E-state index in [1.807, 2.05) is 0 Å². The minimum absolute atomic E-state index is 0.449. The molecule has 1 aliphatic carbocycles. The lowest BCUT2D eigenvalue weighted by Crippen LogP contribution is -2.45. The second-order valence-corrected chi connectivity index (χ2v) is 3.13. The van der Waals surface area contributed by atoms with Gasteiger partial charge in [-0.15, -0.1) is 0 Å². The normalized spacial score (nSPS) is 32.6. The van der Waals surface area contributed by atoms with Crippen LogP contribution in [0.15, 0.2) is 23.9 Å². The van der Waals surface area contributed by atoms with E-state index in [1.54, 1.807) is 0 Å². The highest BCUT2D eigenvalue weighted by Crippen LogP contribution is 2.14. The molecular weight excluding hydrogens is 150 g/mol. The van der Waals surface area contributed by atoms with Gasteiger partial charge in [0.2, 0.25) is 0 Å². The third-order valence-corrected chi connectivity index (χ3v) is 2.34. The van der Waals surface area contributed by atoms with Gasteiger partial charge < -0.3 is 10.6 Å². The molecule has 3 heteroatoms. The summed E-state index contributed by atoms with van der Waals surface area (Å²) in [7, 11) is 0. The first-order valence-corrected chi connectivity index (χ1v) is 4.51. The fourth-order valence-corrected chi connectivity index (χ4v) is 1.78. The van der Waals surface area contributed by atoms with Gasteiger partial charge in [-0.1, -0.05) is 19.1 Å². The molecule has 0 bridgehead atoms. The van der Waals surface area contributed by atoms with Crippen molar-refractivity contribution in [3.63, 3.8) is 0 Å². The molecule has 0 amide bonds. The predicted octanol–water partition coefficient (Wildman–Crippen LogP) is -0.0629. The molecule has 1 fully saturated rings. The van der Waals surface area contributed by atoms with Crippen molar-refractivity contribution in [2.45, 2.75) is 19.0 Å². The monoisotopic (exact) mass is 165 g/mol. The summed E-state index contributed by atoms with van der Waals surface area (Å²) < 4.78 is 0. The fraction of sp³-hybridized carbons (Fsp3) is 0.556. The Morgan fingerprint density at radius 2 is 2.58 bits per heavy atom. The Morgan fingerprint density at radius 3 is 3.42 bits per heavy atom. The maximum absolute atomic E-state index is 3.43.